The smallest absolute Gasteiger partial charge is 0.126 e. The summed E-state index contributed by atoms with van der Waals surface area (Å²) in [4.78, 5) is 0. The fraction of sp³-hybridized carbons (Fsp3) is 0.300. The molecule has 0 spiro atoms. The summed E-state index contributed by atoms with van der Waals surface area (Å²) in [5.41, 5.74) is 2.26. The van der Waals surface area contributed by atoms with Crippen molar-refractivity contribution in [3.8, 4) is 11.8 Å². The maximum Gasteiger partial charge on any atom is 0.126 e. The standard InChI is InChI=1S/C10H9NO/c11-6-4-8-2-1-3-9-5-7-12-10(8)9/h1-3H,4-5,7H2. The Labute approximate surface area is 71.4 Å². The van der Waals surface area contributed by atoms with Crippen molar-refractivity contribution in [2.24, 2.45) is 0 Å². The van der Waals surface area contributed by atoms with Crippen molar-refractivity contribution in [1.82, 2.24) is 0 Å². The quantitative estimate of drug-likeness (QED) is 0.624. The Balaban J connectivity index is 2.44. The van der Waals surface area contributed by atoms with Gasteiger partial charge in [0.15, 0.2) is 0 Å². The Bertz CT molecular complexity index is 338. The number of rotatable bonds is 1. The molecule has 0 unspecified atom stereocenters. The number of hydrogen-bond acceptors (Lipinski definition) is 2. The van der Waals surface area contributed by atoms with Gasteiger partial charge < -0.3 is 4.74 Å². The normalized spacial score (nSPS) is 13.2. The summed E-state index contributed by atoms with van der Waals surface area (Å²) in [7, 11) is 0. The molecule has 1 aromatic rings. The van der Waals surface area contributed by atoms with Crippen LogP contribution in [0.15, 0.2) is 18.2 Å². The first-order valence-electron chi connectivity index (χ1n) is 4.02. The Kier molecular flexibility index (Phi) is 1.71. The Morgan fingerprint density at radius 3 is 3.25 bits per heavy atom. The van der Waals surface area contributed by atoms with Gasteiger partial charge in [0.25, 0.3) is 0 Å². The van der Waals surface area contributed by atoms with Crippen LogP contribution in [0.1, 0.15) is 11.1 Å². The lowest BCUT2D eigenvalue weighted by Gasteiger charge is -2.02. The molecule has 0 bridgehead atoms. The van der Waals surface area contributed by atoms with Crippen molar-refractivity contribution in [2.75, 3.05) is 6.61 Å². The van der Waals surface area contributed by atoms with Gasteiger partial charge in [0.1, 0.15) is 5.75 Å². The summed E-state index contributed by atoms with van der Waals surface area (Å²) >= 11 is 0. The number of hydrogen-bond donors (Lipinski definition) is 0. The summed E-state index contributed by atoms with van der Waals surface area (Å²) in [6.07, 6.45) is 1.43. The van der Waals surface area contributed by atoms with E-state index < -0.39 is 0 Å². The Morgan fingerprint density at radius 2 is 2.42 bits per heavy atom. The minimum absolute atomic E-state index is 0.448. The molecule has 1 heterocycles. The first-order valence-corrected chi connectivity index (χ1v) is 4.02. The van der Waals surface area contributed by atoms with Gasteiger partial charge in [-0.15, -0.1) is 0 Å². The molecule has 0 saturated carbocycles. The fourth-order valence-corrected chi connectivity index (χ4v) is 1.51. The molecule has 0 fully saturated rings. The molecule has 0 amide bonds. The van der Waals surface area contributed by atoms with Gasteiger partial charge in [-0.1, -0.05) is 18.2 Å². The summed E-state index contributed by atoms with van der Waals surface area (Å²) in [6, 6.07) is 8.13. The molecule has 12 heavy (non-hydrogen) atoms. The van der Waals surface area contributed by atoms with Crippen molar-refractivity contribution in [1.29, 1.82) is 5.26 Å². The second-order valence-electron chi connectivity index (χ2n) is 2.84. The lowest BCUT2D eigenvalue weighted by Crippen LogP contribution is -1.90. The second kappa shape index (κ2) is 2.86. The van der Waals surface area contributed by atoms with Gasteiger partial charge in [0, 0.05) is 12.0 Å². The van der Waals surface area contributed by atoms with Crippen molar-refractivity contribution in [2.45, 2.75) is 12.8 Å². The Morgan fingerprint density at radius 1 is 1.50 bits per heavy atom. The van der Waals surface area contributed by atoms with Gasteiger partial charge in [-0.2, -0.15) is 5.26 Å². The molecular weight excluding hydrogens is 150 g/mol. The maximum absolute atomic E-state index is 8.55. The molecule has 1 aliphatic rings. The number of benzene rings is 1. The monoisotopic (exact) mass is 159 g/mol. The van der Waals surface area contributed by atoms with E-state index in [0.29, 0.717) is 6.42 Å². The van der Waals surface area contributed by atoms with E-state index in [9.17, 15) is 0 Å². The minimum atomic E-state index is 0.448. The molecular formula is C10H9NO. The fourth-order valence-electron chi connectivity index (χ4n) is 1.51. The second-order valence-corrected chi connectivity index (χ2v) is 2.84. The van der Waals surface area contributed by atoms with Gasteiger partial charge >= 0.3 is 0 Å². The van der Waals surface area contributed by atoms with Gasteiger partial charge in [-0.05, 0) is 5.56 Å². The van der Waals surface area contributed by atoms with E-state index in [1.165, 1.54) is 5.56 Å². The summed E-state index contributed by atoms with van der Waals surface area (Å²) < 4.78 is 5.43. The summed E-state index contributed by atoms with van der Waals surface area (Å²) in [5, 5.41) is 8.55. The predicted octanol–water partition coefficient (Wildman–Crippen LogP) is 1.69. The van der Waals surface area contributed by atoms with E-state index in [-0.39, 0.29) is 0 Å². The SMILES string of the molecule is N#CCc1cccc2c1OCC2. The molecule has 2 heteroatoms. The average Bonchev–Trinajstić information content (AvgIpc) is 2.53. The van der Waals surface area contributed by atoms with Crippen LogP contribution in [-0.4, -0.2) is 6.61 Å². The van der Waals surface area contributed by atoms with Crippen LogP contribution >= 0.6 is 0 Å². The van der Waals surface area contributed by atoms with Crippen LogP contribution in [0.5, 0.6) is 5.75 Å². The number of ether oxygens (including phenoxy) is 1. The van der Waals surface area contributed by atoms with E-state index in [4.69, 9.17) is 10.00 Å². The summed E-state index contributed by atoms with van der Waals surface area (Å²) in [5.74, 6) is 0.944. The van der Waals surface area contributed by atoms with E-state index in [2.05, 4.69) is 12.1 Å². The Hall–Kier alpha value is -1.49. The number of para-hydroxylation sites is 1. The molecule has 0 radical (unpaired) electrons. The zero-order valence-electron chi connectivity index (χ0n) is 6.71. The topological polar surface area (TPSA) is 33.0 Å². The van der Waals surface area contributed by atoms with Crippen LogP contribution in [0, 0.1) is 11.3 Å². The molecule has 0 N–H and O–H groups in total. The van der Waals surface area contributed by atoms with E-state index in [1.807, 2.05) is 12.1 Å². The number of fused-ring (bicyclic) bond motifs is 1. The lowest BCUT2D eigenvalue weighted by atomic mass is 10.1. The number of nitrogens with zero attached hydrogens (tertiary/aromatic N) is 1. The van der Waals surface area contributed by atoms with Crippen molar-refractivity contribution >= 4 is 0 Å². The predicted molar refractivity (Wildman–Crippen MR) is 45.0 cm³/mol. The third-order valence-corrected chi connectivity index (χ3v) is 2.07. The van der Waals surface area contributed by atoms with Crippen LogP contribution in [0.3, 0.4) is 0 Å². The lowest BCUT2D eigenvalue weighted by molar-refractivity contribution is 0.354. The van der Waals surface area contributed by atoms with Gasteiger partial charge in [0.2, 0.25) is 0 Å². The average molecular weight is 159 g/mol. The molecule has 2 rings (SSSR count). The van der Waals surface area contributed by atoms with Crippen LogP contribution in [0.2, 0.25) is 0 Å². The van der Waals surface area contributed by atoms with Crippen molar-refractivity contribution < 1.29 is 4.74 Å². The van der Waals surface area contributed by atoms with Gasteiger partial charge in [-0.3, -0.25) is 0 Å². The maximum atomic E-state index is 8.55. The molecule has 0 aromatic heterocycles. The van der Waals surface area contributed by atoms with Crippen LogP contribution in [0.4, 0.5) is 0 Å². The highest BCUT2D eigenvalue weighted by Crippen LogP contribution is 2.29. The zero-order valence-corrected chi connectivity index (χ0v) is 6.71. The summed E-state index contributed by atoms with van der Waals surface area (Å²) in [6.45, 7) is 0.762. The highest BCUT2D eigenvalue weighted by atomic mass is 16.5. The van der Waals surface area contributed by atoms with Crippen molar-refractivity contribution in [3.05, 3.63) is 29.3 Å². The van der Waals surface area contributed by atoms with Crippen LogP contribution < -0.4 is 4.74 Å². The highest BCUT2D eigenvalue weighted by molar-refractivity contribution is 5.44. The molecule has 0 atom stereocenters. The first kappa shape index (κ1) is 7.17. The van der Waals surface area contributed by atoms with Crippen LogP contribution in [-0.2, 0) is 12.8 Å². The molecule has 1 aromatic carbocycles. The largest absolute Gasteiger partial charge is 0.493 e. The third-order valence-electron chi connectivity index (χ3n) is 2.07. The molecule has 0 aliphatic carbocycles. The number of nitriles is 1. The molecule has 60 valence electrons. The third kappa shape index (κ3) is 1.04. The van der Waals surface area contributed by atoms with Gasteiger partial charge in [0.05, 0.1) is 19.1 Å². The molecule has 0 saturated heterocycles. The highest BCUT2D eigenvalue weighted by Gasteiger charge is 2.14. The van der Waals surface area contributed by atoms with Crippen molar-refractivity contribution in [3.63, 3.8) is 0 Å². The first-order chi connectivity index (χ1) is 5.92. The van der Waals surface area contributed by atoms with E-state index in [0.717, 1.165) is 24.3 Å². The minimum Gasteiger partial charge on any atom is -0.493 e. The molecule has 1 aliphatic heterocycles. The molecule has 2 nitrogen and oxygen atoms in total. The van der Waals surface area contributed by atoms with Gasteiger partial charge in [-0.25, -0.2) is 0 Å². The van der Waals surface area contributed by atoms with E-state index >= 15 is 0 Å². The van der Waals surface area contributed by atoms with E-state index in [1.54, 1.807) is 0 Å². The van der Waals surface area contributed by atoms with Crippen LogP contribution in [0.25, 0.3) is 0 Å². The zero-order chi connectivity index (χ0) is 8.39.